The number of hydrogen-bond acceptors (Lipinski definition) is 2. The summed E-state index contributed by atoms with van der Waals surface area (Å²) in [6, 6.07) is 8.02. The van der Waals surface area contributed by atoms with Gasteiger partial charge < -0.3 is 4.74 Å². The molecule has 0 saturated carbocycles. The molecule has 3 heteroatoms. The minimum atomic E-state index is 0.888. The highest BCUT2D eigenvalue weighted by molar-refractivity contribution is 5.91. The standard InChI is InChI=1S/C13H18N2O/c1-16-12-7-5-6-11(10-12)15-13-8-3-2-4-9-14-13/h5-7,10H,2-4,8-9H2,1H3,(H,14,15)/p+1. The number of methoxy groups -OCH3 is 1. The highest BCUT2D eigenvalue weighted by atomic mass is 16.5. The molecule has 0 aromatic heterocycles. The molecule has 0 atom stereocenters. The molecule has 1 heterocycles. The summed E-state index contributed by atoms with van der Waals surface area (Å²) in [5.74, 6) is 2.12. The Bertz CT molecular complexity index is 374. The number of amidine groups is 1. The molecule has 0 bridgehead atoms. The number of ether oxygens (including phenoxy) is 1. The fraction of sp³-hybridized carbons (Fsp3) is 0.462. The number of nitrogens with one attached hydrogen (secondary N) is 2. The molecule has 0 unspecified atom stereocenters. The first-order valence-electron chi connectivity index (χ1n) is 5.89. The smallest absolute Gasteiger partial charge is 0.247 e. The number of benzene rings is 1. The molecule has 0 radical (unpaired) electrons. The predicted molar refractivity (Wildman–Crippen MR) is 65.9 cm³/mol. The SMILES string of the molecule is COc1cccc(NC2=[NH+]CCCCC2)c1. The van der Waals surface area contributed by atoms with Crippen LogP contribution in [-0.4, -0.2) is 19.5 Å². The van der Waals surface area contributed by atoms with Gasteiger partial charge in [-0.1, -0.05) is 6.07 Å². The Balaban J connectivity index is 2.04. The monoisotopic (exact) mass is 219 g/mol. The van der Waals surface area contributed by atoms with Crippen LogP contribution in [0.1, 0.15) is 25.7 Å². The van der Waals surface area contributed by atoms with Crippen LogP contribution in [0.2, 0.25) is 0 Å². The average Bonchev–Trinajstić information content (AvgIpc) is 2.58. The molecule has 0 fully saturated rings. The van der Waals surface area contributed by atoms with E-state index in [1.54, 1.807) is 7.11 Å². The van der Waals surface area contributed by atoms with Crippen LogP contribution in [0.4, 0.5) is 5.69 Å². The molecule has 2 rings (SSSR count). The van der Waals surface area contributed by atoms with E-state index in [2.05, 4.69) is 16.4 Å². The largest absolute Gasteiger partial charge is 0.497 e. The third-order valence-corrected chi connectivity index (χ3v) is 2.81. The predicted octanol–water partition coefficient (Wildman–Crippen LogP) is 1.16. The quantitative estimate of drug-likeness (QED) is 0.783. The summed E-state index contributed by atoms with van der Waals surface area (Å²) < 4.78 is 5.20. The maximum absolute atomic E-state index is 5.20. The Morgan fingerprint density at radius 2 is 2.19 bits per heavy atom. The highest BCUT2D eigenvalue weighted by Gasteiger charge is 2.10. The van der Waals surface area contributed by atoms with E-state index in [0.717, 1.165) is 24.4 Å². The van der Waals surface area contributed by atoms with Crippen LogP contribution in [0.25, 0.3) is 0 Å². The molecule has 16 heavy (non-hydrogen) atoms. The van der Waals surface area contributed by atoms with Gasteiger partial charge in [-0.15, -0.1) is 0 Å². The molecular weight excluding hydrogens is 200 g/mol. The Morgan fingerprint density at radius 3 is 3.06 bits per heavy atom. The van der Waals surface area contributed by atoms with Crippen LogP contribution in [0, 0.1) is 0 Å². The lowest BCUT2D eigenvalue weighted by Gasteiger charge is -2.03. The van der Waals surface area contributed by atoms with Crippen molar-refractivity contribution in [2.45, 2.75) is 25.7 Å². The Labute approximate surface area is 96.5 Å². The van der Waals surface area contributed by atoms with E-state index in [1.165, 1.54) is 25.1 Å². The van der Waals surface area contributed by atoms with Gasteiger partial charge in [-0.05, 0) is 31.4 Å². The van der Waals surface area contributed by atoms with Crippen molar-refractivity contribution in [3.8, 4) is 5.75 Å². The van der Waals surface area contributed by atoms with E-state index in [1.807, 2.05) is 18.2 Å². The van der Waals surface area contributed by atoms with Crippen molar-refractivity contribution in [2.75, 3.05) is 19.0 Å². The molecule has 0 spiro atoms. The lowest BCUT2D eigenvalue weighted by atomic mass is 10.2. The van der Waals surface area contributed by atoms with Crippen LogP contribution in [0.3, 0.4) is 0 Å². The van der Waals surface area contributed by atoms with E-state index in [4.69, 9.17) is 4.74 Å². The van der Waals surface area contributed by atoms with Gasteiger partial charge in [0.2, 0.25) is 5.84 Å². The van der Waals surface area contributed by atoms with Gasteiger partial charge in [0.1, 0.15) is 11.4 Å². The first-order valence-corrected chi connectivity index (χ1v) is 5.89. The third-order valence-electron chi connectivity index (χ3n) is 2.81. The van der Waals surface area contributed by atoms with E-state index >= 15 is 0 Å². The van der Waals surface area contributed by atoms with Crippen LogP contribution >= 0.6 is 0 Å². The Morgan fingerprint density at radius 1 is 1.25 bits per heavy atom. The van der Waals surface area contributed by atoms with Crippen LogP contribution < -0.4 is 15.0 Å². The van der Waals surface area contributed by atoms with Crippen molar-refractivity contribution in [2.24, 2.45) is 0 Å². The fourth-order valence-electron chi connectivity index (χ4n) is 1.91. The zero-order valence-electron chi connectivity index (χ0n) is 9.75. The van der Waals surface area contributed by atoms with E-state index in [0.29, 0.717) is 0 Å². The molecule has 0 aliphatic carbocycles. The molecule has 2 N–H and O–H groups in total. The van der Waals surface area contributed by atoms with Gasteiger partial charge in [-0.3, -0.25) is 4.99 Å². The van der Waals surface area contributed by atoms with Crippen LogP contribution in [0.5, 0.6) is 5.75 Å². The van der Waals surface area contributed by atoms with Crippen LogP contribution in [-0.2, 0) is 0 Å². The molecule has 3 nitrogen and oxygen atoms in total. The Hall–Kier alpha value is -1.51. The summed E-state index contributed by atoms with van der Waals surface area (Å²) in [7, 11) is 1.69. The van der Waals surface area contributed by atoms with Crippen LogP contribution in [0.15, 0.2) is 24.3 Å². The fourth-order valence-corrected chi connectivity index (χ4v) is 1.91. The summed E-state index contributed by atoms with van der Waals surface area (Å²) >= 11 is 0. The number of rotatable bonds is 2. The summed E-state index contributed by atoms with van der Waals surface area (Å²) in [5, 5.41) is 3.42. The van der Waals surface area contributed by atoms with Crippen molar-refractivity contribution >= 4 is 11.5 Å². The lowest BCUT2D eigenvalue weighted by molar-refractivity contribution is -0.457. The number of hydrogen-bond donors (Lipinski definition) is 2. The molecule has 1 aromatic rings. The average molecular weight is 219 g/mol. The van der Waals surface area contributed by atoms with E-state index in [9.17, 15) is 0 Å². The summed E-state index contributed by atoms with van der Waals surface area (Å²) in [5.41, 5.74) is 1.09. The van der Waals surface area contributed by atoms with Gasteiger partial charge in [0.05, 0.1) is 13.7 Å². The van der Waals surface area contributed by atoms with E-state index in [-0.39, 0.29) is 0 Å². The molecule has 1 aromatic carbocycles. The summed E-state index contributed by atoms with van der Waals surface area (Å²) in [6.45, 7) is 1.08. The van der Waals surface area contributed by atoms with Crippen molar-refractivity contribution < 1.29 is 9.73 Å². The molecule has 0 amide bonds. The topological polar surface area (TPSA) is 35.2 Å². The third kappa shape index (κ3) is 2.99. The molecule has 1 aliphatic rings. The number of anilines is 1. The Kier molecular flexibility index (Phi) is 3.81. The van der Waals surface area contributed by atoms with Gasteiger partial charge in [0.25, 0.3) is 0 Å². The lowest BCUT2D eigenvalue weighted by Crippen LogP contribution is -2.74. The van der Waals surface area contributed by atoms with Gasteiger partial charge in [0.15, 0.2) is 0 Å². The molecule has 1 aliphatic heterocycles. The molecular formula is C13H19N2O+. The molecule has 86 valence electrons. The van der Waals surface area contributed by atoms with Crippen molar-refractivity contribution in [3.63, 3.8) is 0 Å². The summed E-state index contributed by atoms with van der Waals surface area (Å²) in [6.07, 6.45) is 4.95. The van der Waals surface area contributed by atoms with Gasteiger partial charge in [-0.2, -0.15) is 0 Å². The minimum Gasteiger partial charge on any atom is -0.497 e. The van der Waals surface area contributed by atoms with Gasteiger partial charge in [-0.25, -0.2) is 5.32 Å². The summed E-state index contributed by atoms with van der Waals surface area (Å²) in [4.78, 5) is 3.43. The van der Waals surface area contributed by atoms with Gasteiger partial charge >= 0.3 is 0 Å². The second kappa shape index (κ2) is 5.54. The first-order chi connectivity index (χ1) is 7.88. The normalized spacial score (nSPS) is 16.2. The van der Waals surface area contributed by atoms with Crippen molar-refractivity contribution in [3.05, 3.63) is 24.3 Å². The van der Waals surface area contributed by atoms with Crippen molar-refractivity contribution in [1.29, 1.82) is 0 Å². The maximum Gasteiger partial charge on any atom is 0.247 e. The van der Waals surface area contributed by atoms with E-state index < -0.39 is 0 Å². The second-order valence-electron chi connectivity index (χ2n) is 4.07. The van der Waals surface area contributed by atoms with Crippen molar-refractivity contribution in [1.82, 2.24) is 0 Å². The maximum atomic E-state index is 5.20. The first kappa shape index (κ1) is 11.0. The molecule has 0 saturated heterocycles. The zero-order chi connectivity index (χ0) is 11.2. The zero-order valence-corrected chi connectivity index (χ0v) is 9.75. The highest BCUT2D eigenvalue weighted by Crippen LogP contribution is 2.16. The second-order valence-corrected chi connectivity index (χ2v) is 4.07. The minimum absolute atomic E-state index is 0.888. The van der Waals surface area contributed by atoms with Gasteiger partial charge in [0, 0.05) is 12.5 Å².